The number of hydrogen-bond acceptors (Lipinski definition) is 7. The van der Waals surface area contributed by atoms with Crippen molar-refractivity contribution in [3.8, 4) is 11.6 Å². The van der Waals surface area contributed by atoms with Crippen molar-refractivity contribution in [1.82, 2.24) is 19.9 Å². The summed E-state index contributed by atoms with van der Waals surface area (Å²) in [6.45, 7) is 6.01. The van der Waals surface area contributed by atoms with Crippen LogP contribution in [0.25, 0.3) is 5.65 Å². The van der Waals surface area contributed by atoms with Crippen LogP contribution in [0.5, 0.6) is 11.6 Å². The van der Waals surface area contributed by atoms with E-state index in [-0.39, 0.29) is 17.9 Å². The molecule has 2 aromatic heterocycles. The van der Waals surface area contributed by atoms with Gasteiger partial charge in [0.15, 0.2) is 5.65 Å². The molecule has 0 saturated carbocycles. The number of ether oxygens (including phenoxy) is 2. The van der Waals surface area contributed by atoms with Crippen LogP contribution < -0.4 is 25.8 Å². The lowest BCUT2D eigenvalue weighted by Crippen LogP contribution is -2.45. The highest BCUT2D eigenvalue weighted by Crippen LogP contribution is 2.31. The molecule has 1 amide bonds. The topological polar surface area (TPSA) is 116 Å². The Labute approximate surface area is 180 Å². The molecule has 31 heavy (non-hydrogen) atoms. The van der Waals surface area contributed by atoms with E-state index in [0.29, 0.717) is 31.1 Å². The van der Waals surface area contributed by atoms with Crippen LogP contribution in [0, 0.1) is 12.8 Å². The maximum absolute atomic E-state index is 11.5. The summed E-state index contributed by atoms with van der Waals surface area (Å²) in [6, 6.07) is 9.57. The second-order valence-corrected chi connectivity index (χ2v) is 7.65. The van der Waals surface area contributed by atoms with Gasteiger partial charge in [-0.15, -0.1) is 0 Å². The lowest BCUT2D eigenvalue weighted by atomic mass is 9.91. The number of primary amides is 1. The fourth-order valence-electron chi connectivity index (χ4n) is 3.86. The number of benzene rings is 1. The van der Waals surface area contributed by atoms with Crippen LogP contribution in [-0.4, -0.2) is 46.3 Å². The summed E-state index contributed by atoms with van der Waals surface area (Å²) in [5.74, 6) is 1.85. The molecule has 4 rings (SSSR count). The van der Waals surface area contributed by atoms with Crippen LogP contribution in [0.3, 0.4) is 0 Å². The molecule has 2 atom stereocenters. The van der Waals surface area contributed by atoms with Gasteiger partial charge in [0.1, 0.15) is 17.7 Å². The molecule has 164 valence electrons. The summed E-state index contributed by atoms with van der Waals surface area (Å²) in [5, 5.41) is 11.2. The first-order valence-electron chi connectivity index (χ1n) is 10.5. The van der Waals surface area contributed by atoms with Gasteiger partial charge in [-0.3, -0.25) is 4.79 Å². The number of rotatable bonds is 8. The number of nitrogens with zero attached hydrogens (tertiary/aromatic N) is 3. The Balaban J connectivity index is 1.63. The van der Waals surface area contributed by atoms with Crippen LogP contribution in [0.1, 0.15) is 25.3 Å². The number of hydrogen-bond donors (Lipinski definition) is 3. The molecule has 0 bridgehead atoms. The highest BCUT2D eigenvalue weighted by atomic mass is 16.5. The van der Waals surface area contributed by atoms with Gasteiger partial charge in [0.05, 0.1) is 18.4 Å². The number of anilines is 2. The second kappa shape index (κ2) is 9.22. The van der Waals surface area contributed by atoms with E-state index >= 15 is 0 Å². The molecule has 0 radical (unpaired) electrons. The van der Waals surface area contributed by atoms with Gasteiger partial charge in [0, 0.05) is 30.6 Å². The molecule has 3 aromatic rings. The number of nitrogens with two attached hydrogens (primary N) is 1. The summed E-state index contributed by atoms with van der Waals surface area (Å²) < 4.78 is 13.6. The molecule has 3 heterocycles. The maximum Gasteiger partial charge on any atom is 0.222 e. The van der Waals surface area contributed by atoms with Crippen molar-refractivity contribution >= 4 is 23.1 Å². The first-order valence-corrected chi connectivity index (χ1v) is 10.5. The summed E-state index contributed by atoms with van der Waals surface area (Å²) in [5.41, 5.74) is 7.84. The molecule has 1 fully saturated rings. The van der Waals surface area contributed by atoms with Gasteiger partial charge in [-0.2, -0.15) is 14.6 Å². The summed E-state index contributed by atoms with van der Waals surface area (Å²) in [6.07, 6.45) is 2.65. The van der Waals surface area contributed by atoms with Crippen molar-refractivity contribution in [3.63, 3.8) is 0 Å². The van der Waals surface area contributed by atoms with Crippen molar-refractivity contribution in [3.05, 3.63) is 42.1 Å². The van der Waals surface area contributed by atoms with E-state index < -0.39 is 0 Å². The Morgan fingerprint density at radius 3 is 2.87 bits per heavy atom. The number of nitrogens with one attached hydrogen (secondary N) is 2. The predicted octanol–water partition coefficient (Wildman–Crippen LogP) is 2.41. The maximum atomic E-state index is 11.5. The van der Waals surface area contributed by atoms with Crippen molar-refractivity contribution in [1.29, 1.82) is 0 Å². The van der Waals surface area contributed by atoms with Crippen LogP contribution >= 0.6 is 0 Å². The minimum absolute atomic E-state index is 0.0589. The van der Waals surface area contributed by atoms with E-state index in [9.17, 15) is 4.79 Å². The van der Waals surface area contributed by atoms with E-state index in [4.69, 9.17) is 15.2 Å². The number of fused-ring (bicyclic) bond motifs is 1. The molecular formula is C22H28N6O3. The number of carbonyl (C=O) groups is 1. The Bertz CT molecular complexity index is 1050. The van der Waals surface area contributed by atoms with E-state index in [1.807, 2.05) is 44.2 Å². The predicted molar refractivity (Wildman–Crippen MR) is 118 cm³/mol. The summed E-state index contributed by atoms with van der Waals surface area (Å²) in [4.78, 5) is 16.2. The van der Waals surface area contributed by atoms with Gasteiger partial charge in [0.25, 0.3) is 0 Å². The average molecular weight is 425 g/mol. The van der Waals surface area contributed by atoms with E-state index in [1.165, 1.54) is 0 Å². The first kappa shape index (κ1) is 20.9. The molecule has 1 aliphatic heterocycles. The third-order valence-corrected chi connectivity index (χ3v) is 5.44. The van der Waals surface area contributed by atoms with Crippen LogP contribution in [-0.2, 0) is 4.79 Å². The monoisotopic (exact) mass is 424 g/mol. The third kappa shape index (κ3) is 4.72. The SMILES string of the molecule is CCOc1ccc(Nc2c(C)c(O[C@@H]3CNCC[C@H]3CC(N)=O)nc3ccnn23)cc1. The van der Waals surface area contributed by atoms with Gasteiger partial charge in [-0.25, -0.2) is 0 Å². The molecule has 0 aliphatic carbocycles. The first-order chi connectivity index (χ1) is 15.0. The third-order valence-electron chi connectivity index (χ3n) is 5.44. The quantitative estimate of drug-likeness (QED) is 0.508. The van der Waals surface area contributed by atoms with Crippen molar-refractivity contribution in [2.75, 3.05) is 25.0 Å². The van der Waals surface area contributed by atoms with E-state index in [0.717, 1.165) is 35.8 Å². The Morgan fingerprint density at radius 2 is 2.13 bits per heavy atom. The van der Waals surface area contributed by atoms with Gasteiger partial charge in [-0.1, -0.05) is 0 Å². The molecule has 0 spiro atoms. The molecule has 1 aromatic carbocycles. The highest BCUT2D eigenvalue weighted by molar-refractivity contribution is 5.74. The molecule has 9 nitrogen and oxygen atoms in total. The summed E-state index contributed by atoms with van der Waals surface area (Å²) >= 11 is 0. The van der Waals surface area contributed by atoms with E-state index in [1.54, 1.807) is 10.7 Å². The summed E-state index contributed by atoms with van der Waals surface area (Å²) in [7, 11) is 0. The molecule has 0 unspecified atom stereocenters. The highest BCUT2D eigenvalue weighted by Gasteiger charge is 2.29. The smallest absolute Gasteiger partial charge is 0.222 e. The van der Waals surface area contributed by atoms with Gasteiger partial charge in [-0.05, 0) is 51.1 Å². The Kier molecular flexibility index (Phi) is 6.22. The zero-order valence-electron chi connectivity index (χ0n) is 17.8. The molecule has 4 N–H and O–H groups in total. The van der Waals surface area contributed by atoms with Gasteiger partial charge >= 0.3 is 0 Å². The molecule has 1 aliphatic rings. The minimum atomic E-state index is -0.311. The van der Waals surface area contributed by atoms with Crippen LogP contribution in [0.4, 0.5) is 11.5 Å². The van der Waals surface area contributed by atoms with Crippen LogP contribution in [0.15, 0.2) is 36.5 Å². The number of aromatic nitrogens is 3. The number of amides is 1. The largest absolute Gasteiger partial charge is 0.494 e. The number of piperidine rings is 1. The molecule has 1 saturated heterocycles. The Hall–Kier alpha value is -3.33. The zero-order valence-corrected chi connectivity index (χ0v) is 17.8. The van der Waals surface area contributed by atoms with E-state index in [2.05, 4.69) is 20.7 Å². The Morgan fingerprint density at radius 1 is 1.32 bits per heavy atom. The fourth-order valence-corrected chi connectivity index (χ4v) is 3.86. The van der Waals surface area contributed by atoms with Crippen molar-refractivity contribution < 1.29 is 14.3 Å². The van der Waals surface area contributed by atoms with Gasteiger partial charge in [0.2, 0.25) is 11.8 Å². The fraction of sp³-hybridized carbons (Fsp3) is 0.409. The number of carbonyl (C=O) groups excluding carboxylic acids is 1. The lowest BCUT2D eigenvalue weighted by molar-refractivity contribution is -0.119. The van der Waals surface area contributed by atoms with Gasteiger partial charge < -0.3 is 25.8 Å². The standard InChI is InChI=1S/C22H28N6O3/c1-3-30-17-6-4-16(5-7-17)26-21-14(2)22(27-20-9-11-25-28(20)21)31-18-13-24-10-8-15(18)12-19(23)29/h4-7,9,11,15,18,24,26H,3,8,10,12-13H2,1-2H3,(H2,23,29)/t15-,18+/m0/s1. The minimum Gasteiger partial charge on any atom is -0.494 e. The normalized spacial score (nSPS) is 18.6. The molecular weight excluding hydrogens is 396 g/mol. The second-order valence-electron chi connectivity index (χ2n) is 7.65. The van der Waals surface area contributed by atoms with Crippen molar-refractivity contribution in [2.45, 2.75) is 32.8 Å². The average Bonchev–Trinajstić information content (AvgIpc) is 3.22. The lowest BCUT2D eigenvalue weighted by Gasteiger charge is -2.32. The molecule has 9 heteroatoms. The van der Waals surface area contributed by atoms with Crippen LogP contribution in [0.2, 0.25) is 0 Å². The zero-order chi connectivity index (χ0) is 21.8. The van der Waals surface area contributed by atoms with Crippen molar-refractivity contribution in [2.24, 2.45) is 11.7 Å².